The number of benzene rings is 1. The van der Waals surface area contributed by atoms with E-state index in [2.05, 4.69) is 0 Å². The maximum Gasteiger partial charge on any atom is 0.329 e. The highest BCUT2D eigenvalue weighted by molar-refractivity contribution is 8.18. The summed E-state index contributed by atoms with van der Waals surface area (Å²) in [5.74, 6) is -1.09. The Morgan fingerprint density at radius 2 is 1.90 bits per heavy atom. The molecule has 0 spiro atoms. The number of halogens is 1. The van der Waals surface area contributed by atoms with E-state index in [4.69, 9.17) is 16.3 Å². The quantitative estimate of drug-likeness (QED) is 0.504. The van der Waals surface area contributed by atoms with Crippen LogP contribution in [-0.2, 0) is 14.3 Å². The molecule has 0 unspecified atom stereocenters. The Morgan fingerprint density at radius 1 is 1.24 bits per heavy atom. The largest absolute Gasteiger partial charge is 0.464 e. The first-order valence-corrected chi connectivity index (χ1v) is 10.3. The van der Waals surface area contributed by atoms with Gasteiger partial charge in [-0.3, -0.25) is 14.5 Å². The number of aromatic nitrogens is 1. The van der Waals surface area contributed by atoms with Gasteiger partial charge in [-0.05, 0) is 81.4 Å². The molecule has 29 heavy (non-hydrogen) atoms. The van der Waals surface area contributed by atoms with E-state index in [-0.39, 0.29) is 11.5 Å². The zero-order valence-electron chi connectivity index (χ0n) is 16.6. The predicted octanol–water partition coefficient (Wildman–Crippen LogP) is 4.74. The van der Waals surface area contributed by atoms with Gasteiger partial charge in [-0.25, -0.2) is 4.79 Å². The minimum atomic E-state index is -0.963. The highest BCUT2D eigenvalue weighted by Gasteiger charge is 2.41. The molecule has 6 nitrogen and oxygen atoms in total. The topological polar surface area (TPSA) is 68.6 Å². The van der Waals surface area contributed by atoms with Crippen molar-refractivity contribution in [2.45, 2.75) is 33.7 Å². The van der Waals surface area contributed by atoms with E-state index in [9.17, 15) is 14.4 Å². The van der Waals surface area contributed by atoms with Gasteiger partial charge < -0.3 is 9.30 Å². The van der Waals surface area contributed by atoms with Crippen molar-refractivity contribution in [1.82, 2.24) is 9.47 Å². The van der Waals surface area contributed by atoms with Gasteiger partial charge in [0.05, 0.1) is 11.5 Å². The van der Waals surface area contributed by atoms with Crippen LogP contribution in [-0.4, -0.2) is 39.2 Å². The van der Waals surface area contributed by atoms with Crippen LogP contribution in [0.3, 0.4) is 0 Å². The first-order chi connectivity index (χ1) is 13.7. The highest BCUT2D eigenvalue weighted by Crippen LogP contribution is 2.35. The second-order valence-corrected chi connectivity index (χ2v) is 8.05. The second kappa shape index (κ2) is 8.47. The summed E-state index contributed by atoms with van der Waals surface area (Å²) in [5, 5.41) is 0.175. The van der Waals surface area contributed by atoms with Gasteiger partial charge in [0, 0.05) is 22.1 Å². The lowest BCUT2D eigenvalue weighted by Crippen LogP contribution is -2.42. The number of carbonyl (C=O) groups excluding carboxylic acids is 3. The number of nitrogens with zero attached hydrogens (tertiary/aromatic N) is 2. The van der Waals surface area contributed by atoms with Crippen molar-refractivity contribution in [3.8, 4) is 5.69 Å². The molecular weight excluding hydrogens is 412 g/mol. The molecule has 2 amide bonds. The van der Waals surface area contributed by atoms with Gasteiger partial charge in [0.15, 0.2) is 0 Å². The van der Waals surface area contributed by atoms with E-state index in [0.29, 0.717) is 5.02 Å². The lowest BCUT2D eigenvalue weighted by Gasteiger charge is -2.19. The monoisotopic (exact) mass is 432 g/mol. The van der Waals surface area contributed by atoms with Crippen molar-refractivity contribution in [1.29, 1.82) is 0 Å². The summed E-state index contributed by atoms with van der Waals surface area (Å²) < 4.78 is 6.98. The summed E-state index contributed by atoms with van der Waals surface area (Å²) in [6.07, 6.45) is 1.69. The summed E-state index contributed by atoms with van der Waals surface area (Å²) >= 11 is 6.81. The summed E-state index contributed by atoms with van der Waals surface area (Å²) in [5.41, 5.74) is 3.69. The van der Waals surface area contributed by atoms with Crippen LogP contribution in [0.15, 0.2) is 35.2 Å². The standard InChI is InChI=1S/C21H21ClN2O4S/c1-5-28-20(26)14(4)24-19(25)18(29-21(24)27)11-15-10-12(2)23(13(15)3)17-8-6-16(22)7-9-17/h6-11,14H,5H2,1-4H3/b18-11-/t14-/m1/s1. The number of imide groups is 1. The molecule has 1 atom stereocenters. The number of aryl methyl sites for hydroxylation is 1. The minimum absolute atomic E-state index is 0.186. The molecule has 3 rings (SSSR count). The van der Waals surface area contributed by atoms with E-state index >= 15 is 0 Å². The van der Waals surface area contributed by atoms with E-state index in [0.717, 1.165) is 39.3 Å². The van der Waals surface area contributed by atoms with Crippen LogP contribution in [0.4, 0.5) is 4.79 Å². The van der Waals surface area contributed by atoms with Crippen LogP contribution in [0.2, 0.25) is 5.02 Å². The third-order valence-electron chi connectivity index (χ3n) is 4.68. The lowest BCUT2D eigenvalue weighted by atomic mass is 10.2. The molecule has 1 aromatic heterocycles. The Bertz CT molecular complexity index is 1010. The maximum atomic E-state index is 12.8. The van der Waals surface area contributed by atoms with Crippen LogP contribution in [0.25, 0.3) is 11.8 Å². The van der Waals surface area contributed by atoms with Crippen LogP contribution < -0.4 is 0 Å². The average molecular weight is 433 g/mol. The Labute approximate surface area is 178 Å². The smallest absolute Gasteiger partial charge is 0.329 e. The van der Waals surface area contributed by atoms with E-state index in [1.807, 2.05) is 48.7 Å². The lowest BCUT2D eigenvalue weighted by molar-refractivity contribution is -0.150. The number of esters is 1. The summed E-state index contributed by atoms with van der Waals surface area (Å²) in [6, 6.07) is 8.46. The van der Waals surface area contributed by atoms with Crippen molar-refractivity contribution in [2.75, 3.05) is 6.61 Å². The van der Waals surface area contributed by atoms with Crippen molar-refractivity contribution < 1.29 is 19.1 Å². The molecule has 1 aliphatic rings. The average Bonchev–Trinajstić information content (AvgIpc) is 3.11. The first kappa shape index (κ1) is 21.2. The summed E-state index contributed by atoms with van der Waals surface area (Å²) in [4.78, 5) is 38.3. The van der Waals surface area contributed by atoms with Crippen molar-refractivity contribution in [3.05, 3.63) is 57.2 Å². The molecule has 8 heteroatoms. The third kappa shape index (κ3) is 4.11. The van der Waals surface area contributed by atoms with Gasteiger partial charge in [-0.15, -0.1) is 0 Å². The van der Waals surface area contributed by atoms with Gasteiger partial charge in [0.2, 0.25) is 0 Å². The molecule has 1 saturated heterocycles. The van der Waals surface area contributed by atoms with E-state index < -0.39 is 23.2 Å². The van der Waals surface area contributed by atoms with Gasteiger partial charge in [-0.2, -0.15) is 0 Å². The van der Waals surface area contributed by atoms with Crippen LogP contribution in [0, 0.1) is 13.8 Å². The molecule has 1 fully saturated rings. The molecule has 0 aliphatic carbocycles. The van der Waals surface area contributed by atoms with Crippen LogP contribution >= 0.6 is 23.4 Å². The fourth-order valence-electron chi connectivity index (χ4n) is 3.24. The Kier molecular flexibility index (Phi) is 6.19. The molecule has 0 radical (unpaired) electrons. The zero-order valence-corrected chi connectivity index (χ0v) is 18.1. The van der Waals surface area contributed by atoms with Crippen molar-refractivity contribution >= 4 is 46.6 Å². The molecule has 1 aliphatic heterocycles. The van der Waals surface area contributed by atoms with Crippen LogP contribution in [0.1, 0.15) is 30.8 Å². The number of thioether (sulfide) groups is 1. The van der Waals surface area contributed by atoms with Gasteiger partial charge >= 0.3 is 5.97 Å². The molecular formula is C21H21ClN2O4S. The molecule has 1 aromatic carbocycles. The SMILES string of the molecule is CCOC(=O)[C@@H](C)N1C(=O)S/C(=C\c2cc(C)n(-c3ccc(Cl)cc3)c2C)C1=O. The van der Waals surface area contributed by atoms with Gasteiger partial charge in [0.1, 0.15) is 6.04 Å². The maximum absolute atomic E-state index is 12.8. The normalized spacial score (nSPS) is 16.6. The zero-order chi connectivity index (χ0) is 21.3. The van der Waals surface area contributed by atoms with E-state index in [1.54, 1.807) is 13.0 Å². The molecule has 0 bridgehead atoms. The van der Waals surface area contributed by atoms with Gasteiger partial charge in [0.25, 0.3) is 11.1 Å². The summed E-state index contributed by atoms with van der Waals surface area (Å²) in [7, 11) is 0. The molecule has 152 valence electrons. The molecule has 2 heterocycles. The summed E-state index contributed by atoms with van der Waals surface area (Å²) in [6.45, 7) is 7.26. The Hall–Kier alpha value is -2.51. The fraction of sp³-hybridized carbons (Fsp3) is 0.286. The molecule has 0 N–H and O–H groups in total. The molecule has 0 saturated carbocycles. The van der Waals surface area contributed by atoms with Crippen molar-refractivity contribution in [3.63, 3.8) is 0 Å². The predicted molar refractivity (Wildman–Crippen MR) is 114 cm³/mol. The number of amides is 2. The molecule has 2 aromatic rings. The Balaban J connectivity index is 1.92. The number of hydrogen-bond donors (Lipinski definition) is 0. The van der Waals surface area contributed by atoms with E-state index in [1.165, 1.54) is 6.92 Å². The number of ether oxygens (including phenoxy) is 1. The van der Waals surface area contributed by atoms with Gasteiger partial charge in [-0.1, -0.05) is 11.6 Å². The number of rotatable bonds is 5. The number of carbonyl (C=O) groups is 3. The Morgan fingerprint density at radius 3 is 2.52 bits per heavy atom. The number of hydrogen-bond acceptors (Lipinski definition) is 5. The third-order valence-corrected chi connectivity index (χ3v) is 5.82. The van der Waals surface area contributed by atoms with Crippen LogP contribution in [0.5, 0.6) is 0 Å². The first-order valence-electron chi connectivity index (χ1n) is 9.13. The fourth-order valence-corrected chi connectivity index (χ4v) is 4.27. The second-order valence-electron chi connectivity index (χ2n) is 6.62. The highest BCUT2D eigenvalue weighted by atomic mass is 35.5. The minimum Gasteiger partial charge on any atom is -0.464 e. The van der Waals surface area contributed by atoms with Crippen molar-refractivity contribution in [2.24, 2.45) is 0 Å².